The van der Waals surface area contributed by atoms with E-state index in [1.807, 2.05) is 24.3 Å². The zero-order chi connectivity index (χ0) is 15.4. The van der Waals surface area contributed by atoms with Crippen LogP contribution in [0.5, 0.6) is 0 Å². The molecule has 1 amide bonds. The Morgan fingerprint density at radius 2 is 2.09 bits per heavy atom. The Balaban J connectivity index is 1.65. The molecule has 1 aromatic carbocycles. The van der Waals surface area contributed by atoms with E-state index in [1.54, 1.807) is 12.3 Å². The highest BCUT2D eigenvalue weighted by Crippen LogP contribution is 2.44. The smallest absolute Gasteiger partial charge is 0.230 e. The highest BCUT2D eigenvalue weighted by Gasteiger charge is 2.45. The minimum absolute atomic E-state index is 0.000260. The molecule has 0 atom stereocenters. The fourth-order valence-corrected chi connectivity index (χ4v) is 2.98. The average molecular weight is 298 g/mol. The number of rotatable bonds is 5. The molecule has 1 saturated carbocycles. The summed E-state index contributed by atoms with van der Waals surface area (Å²) < 4.78 is 13.5. The highest BCUT2D eigenvalue weighted by atomic mass is 19.1. The number of hydrogen-bond donors (Lipinski definition) is 1. The van der Waals surface area contributed by atoms with Gasteiger partial charge in [-0.25, -0.2) is 4.39 Å². The van der Waals surface area contributed by atoms with Crippen molar-refractivity contribution in [1.29, 1.82) is 0 Å². The molecular weight excluding hydrogens is 279 g/mol. The number of nitrogens with zero attached hydrogens (tertiary/aromatic N) is 1. The summed E-state index contributed by atoms with van der Waals surface area (Å²) in [6.45, 7) is 0.549. The summed E-state index contributed by atoms with van der Waals surface area (Å²) in [5, 5.41) is 2.99. The largest absolute Gasteiger partial charge is 0.355 e. The van der Waals surface area contributed by atoms with Gasteiger partial charge in [0, 0.05) is 24.9 Å². The Kier molecular flexibility index (Phi) is 4.18. The summed E-state index contributed by atoms with van der Waals surface area (Å²) in [5.41, 5.74) is 1.19. The number of aromatic nitrogens is 1. The number of benzene rings is 1. The van der Waals surface area contributed by atoms with E-state index in [0.29, 0.717) is 13.0 Å². The summed E-state index contributed by atoms with van der Waals surface area (Å²) in [6, 6.07) is 12.2. The van der Waals surface area contributed by atoms with Crippen molar-refractivity contribution in [3.63, 3.8) is 0 Å². The van der Waals surface area contributed by atoms with Crippen molar-refractivity contribution in [2.45, 2.75) is 31.1 Å². The van der Waals surface area contributed by atoms with Crippen molar-refractivity contribution >= 4 is 5.91 Å². The summed E-state index contributed by atoms with van der Waals surface area (Å²) in [5.74, 6) is -0.287. The van der Waals surface area contributed by atoms with Gasteiger partial charge in [-0.1, -0.05) is 24.6 Å². The van der Waals surface area contributed by atoms with Crippen LogP contribution in [0.1, 0.15) is 30.5 Å². The highest BCUT2D eigenvalue weighted by molar-refractivity contribution is 5.89. The van der Waals surface area contributed by atoms with Gasteiger partial charge in [-0.15, -0.1) is 0 Å². The van der Waals surface area contributed by atoms with Crippen LogP contribution in [0.3, 0.4) is 0 Å². The predicted octanol–water partition coefficient (Wildman–Crippen LogP) is 3.00. The molecule has 0 spiro atoms. The van der Waals surface area contributed by atoms with Gasteiger partial charge in [0.05, 0.1) is 5.41 Å². The summed E-state index contributed by atoms with van der Waals surface area (Å²) >= 11 is 0. The van der Waals surface area contributed by atoms with E-state index < -0.39 is 5.41 Å². The first-order valence-corrected chi connectivity index (χ1v) is 7.65. The van der Waals surface area contributed by atoms with Crippen LogP contribution in [0, 0.1) is 5.82 Å². The van der Waals surface area contributed by atoms with Gasteiger partial charge in [0.25, 0.3) is 0 Å². The molecule has 0 bridgehead atoms. The zero-order valence-corrected chi connectivity index (χ0v) is 12.4. The zero-order valence-electron chi connectivity index (χ0n) is 12.4. The molecular formula is C18H19FN2O. The van der Waals surface area contributed by atoms with Crippen LogP contribution in [-0.4, -0.2) is 17.4 Å². The van der Waals surface area contributed by atoms with E-state index in [0.717, 1.165) is 30.5 Å². The molecule has 1 heterocycles. The van der Waals surface area contributed by atoms with Gasteiger partial charge in [-0.05, 0) is 42.7 Å². The molecule has 0 unspecified atom stereocenters. The van der Waals surface area contributed by atoms with Crippen LogP contribution in [0.2, 0.25) is 0 Å². The minimum atomic E-state index is -0.549. The molecule has 1 fully saturated rings. The standard InChI is InChI=1S/C18H19FN2O/c19-15-6-3-5-14(13-15)18(9-4-10-18)17(22)21-12-8-16-7-1-2-11-20-16/h1-3,5-7,11,13H,4,8-10,12H2,(H,21,22). The third kappa shape index (κ3) is 2.86. The fraction of sp³-hybridized carbons (Fsp3) is 0.333. The van der Waals surface area contributed by atoms with Crippen LogP contribution >= 0.6 is 0 Å². The predicted molar refractivity (Wildman–Crippen MR) is 82.9 cm³/mol. The van der Waals surface area contributed by atoms with Gasteiger partial charge < -0.3 is 5.32 Å². The molecule has 3 rings (SSSR count). The maximum Gasteiger partial charge on any atom is 0.230 e. The van der Waals surface area contributed by atoms with Crippen molar-refractivity contribution in [2.75, 3.05) is 6.54 Å². The summed E-state index contributed by atoms with van der Waals surface area (Å²) in [6.07, 6.45) is 5.02. The van der Waals surface area contributed by atoms with E-state index >= 15 is 0 Å². The Bertz CT molecular complexity index is 653. The van der Waals surface area contributed by atoms with Crippen molar-refractivity contribution in [3.05, 3.63) is 65.7 Å². The fourth-order valence-electron chi connectivity index (χ4n) is 2.98. The van der Waals surface area contributed by atoms with E-state index in [2.05, 4.69) is 10.3 Å². The van der Waals surface area contributed by atoms with Crippen LogP contribution < -0.4 is 5.32 Å². The molecule has 22 heavy (non-hydrogen) atoms. The van der Waals surface area contributed by atoms with Gasteiger partial charge in [0.15, 0.2) is 0 Å². The van der Waals surface area contributed by atoms with E-state index in [1.165, 1.54) is 12.1 Å². The molecule has 114 valence electrons. The monoisotopic (exact) mass is 298 g/mol. The number of pyridine rings is 1. The van der Waals surface area contributed by atoms with Gasteiger partial charge in [-0.2, -0.15) is 0 Å². The van der Waals surface area contributed by atoms with Crippen LogP contribution in [0.25, 0.3) is 0 Å². The second-order valence-corrected chi connectivity index (χ2v) is 5.77. The Hall–Kier alpha value is -2.23. The molecule has 3 nitrogen and oxygen atoms in total. The van der Waals surface area contributed by atoms with Gasteiger partial charge in [-0.3, -0.25) is 9.78 Å². The maximum atomic E-state index is 13.5. The summed E-state index contributed by atoms with van der Waals surface area (Å²) in [7, 11) is 0. The molecule has 1 aliphatic carbocycles. The van der Waals surface area contributed by atoms with Crippen molar-refractivity contribution < 1.29 is 9.18 Å². The van der Waals surface area contributed by atoms with E-state index in [4.69, 9.17) is 0 Å². The molecule has 0 saturated heterocycles. The number of hydrogen-bond acceptors (Lipinski definition) is 2. The van der Waals surface area contributed by atoms with Gasteiger partial charge in [0.1, 0.15) is 5.82 Å². The first-order valence-electron chi connectivity index (χ1n) is 7.65. The summed E-state index contributed by atoms with van der Waals surface area (Å²) in [4.78, 5) is 16.8. The lowest BCUT2D eigenvalue weighted by atomic mass is 9.64. The van der Waals surface area contributed by atoms with Crippen LogP contribution in [0.4, 0.5) is 4.39 Å². The maximum absolute atomic E-state index is 13.5. The number of halogens is 1. The normalized spacial score (nSPS) is 15.9. The van der Waals surface area contributed by atoms with Crippen LogP contribution in [-0.2, 0) is 16.6 Å². The average Bonchev–Trinajstić information content (AvgIpc) is 2.47. The third-order valence-electron chi connectivity index (χ3n) is 4.41. The van der Waals surface area contributed by atoms with E-state index in [-0.39, 0.29) is 11.7 Å². The number of carbonyl (C=O) groups is 1. The number of nitrogens with one attached hydrogen (secondary N) is 1. The lowest BCUT2D eigenvalue weighted by Crippen LogP contribution is -2.49. The van der Waals surface area contributed by atoms with Crippen molar-refractivity contribution in [3.8, 4) is 0 Å². The molecule has 1 aromatic heterocycles. The van der Waals surface area contributed by atoms with Crippen LogP contribution in [0.15, 0.2) is 48.7 Å². The number of amides is 1. The first-order chi connectivity index (χ1) is 10.7. The molecule has 0 radical (unpaired) electrons. The van der Waals surface area contributed by atoms with Crippen molar-refractivity contribution in [1.82, 2.24) is 10.3 Å². The van der Waals surface area contributed by atoms with Gasteiger partial charge >= 0.3 is 0 Å². The van der Waals surface area contributed by atoms with Crippen molar-refractivity contribution in [2.24, 2.45) is 0 Å². The lowest BCUT2D eigenvalue weighted by Gasteiger charge is -2.40. The molecule has 4 heteroatoms. The van der Waals surface area contributed by atoms with E-state index in [9.17, 15) is 9.18 Å². The third-order valence-corrected chi connectivity index (χ3v) is 4.41. The SMILES string of the molecule is O=C(NCCc1ccccn1)C1(c2cccc(F)c2)CCC1. The number of carbonyl (C=O) groups excluding carboxylic acids is 1. The molecule has 1 aliphatic rings. The Morgan fingerprint density at radius 3 is 2.73 bits per heavy atom. The second kappa shape index (κ2) is 6.26. The lowest BCUT2D eigenvalue weighted by molar-refractivity contribution is -0.129. The quantitative estimate of drug-likeness (QED) is 0.922. The molecule has 1 N–H and O–H groups in total. The Morgan fingerprint density at radius 1 is 1.23 bits per heavy atom. The molecule has 0 aliphatic heterocycles. The minimum Gasteiger partial charge on any atom is -0.355 e. The second-order valence-electron chi connectivity index (χ2n) is 5.77. The Labute approximate surface area is 129 Å². The topological polar surface area (TPSA) is 42.0 Å². The first kappa shape index (κ1) is 14.7. The molecule has 2 aromatic rings. The van der Waals surface area contributed by atoms with Gasteiger partial charge in [0.2, 0.25) is 5.91 Å².